The summed E-state index contributed by atoms with van der Waals surface area (Å²) in [4.78, 5) is 27.6. The molecule has 2 aromatic rings. The van der Waals surface area contributed by atoms with Crippen LogP contribution < -0.4 is 10.6 Å². The third-order valence-corrected chi connectivity index (χ3v) is 8.23. The average molecular weight is 500 g/mol. The van der Waals surface area contributed by atoms with E-state index in [4.69, 9.17) is 23.2 Å². The maximum absolute atomic E-state index is 13.1. The number of likely N-dealkylation sites (tertiary alicyclic amines) is 1. The van der Waals surface area contributed by atoms with E-state index < -0.39 is 0 Å². The first-order valence-corrected chi connectivity index (χ1v) is 13.2. The number of nitrogens with zero attached hydrogens (tertiary/aromatic N) is 1. The van der Waals surface area contributed by atoms with Crippen molar-refractivity contribution in [3.63, 3.8) is 0 Å². The highest BCUT2D eigenvalue weighted by atomic mass is 35.5. The summed E-state index contributed by atoms with van der Waals surface area (Å²) in [6.45, 7) is 2.48. The van der Waals surface area contributed by atoms with E-state index in [9.17, 15) is 9.59 Å². The third-order valence-electron chi connectivity index (χ3n) is 7.55. The van der Waals surface area contributed by atoms with Crippen LogP contribution in [-0.4, -0.2) is 48.4 Å². The van der Waals surface area contributed by atoms with Gasteiger partial charge in [-0.15, -0.1) is 0 Å². The van der Waals surface area contributed by atoms with Crippen molar-refractivity contribution in [1.82, 2.24) is 15.5 Å². The topological polar surface area (TPSA) is 61.4 Å². The van der Waals surface area contributed by atoms with Crippen LogP contribution in [0.15, 0.2) is 36.4 Å². The molecule has 2 heterocycles. The summed E-state index contributed by atoms with van der Waals surface area (Å²) >= 11 is 13.4. The Kier molecular flexibility index (Phi) is 7.14. The number of carbonyl (C=O) groups is 2. The van der Waals surface area contributed by atoms with Crippen LogP contribution in [0.5, 0.6) is 0 Å². The van der Waals surface area contributed by atoms with E-state index in [0.29, 0.717) is 28.1 Å². The molecule has 2 aliphatic heterocycles. The molecule has 0 radical (unpaired) electrons. The fourth-order valence-corrected chi connectivity index (χ4v) is 6.03. The van der Waals surface area contributed by atoms with Gasteiger partial charge in [0, 0.05) is 47.2 Å². The number of benzene rings is 2. The Bertz CT molecular complexity index is 1040. The standard InChI is InChI=1S/C27H31Cl2N3O2/c28-24-13-20(17-6-8-18(9-7-17)26(33)31-21-15-30-16-21)14-25(29)23(24)12-19-10-11-32(27(19)34)22-4-2-1-3-5-22/h6-9,13-14,19,21-22,30H,1-5,10-12,15-16H2,(H,31,33). The van der Waals surface area contributed by atoms with Crippen molar-refractivity contribution in [2.45, 2.75) is 57.0 Å². The second-order valence-corrected chi connectivity index (χ2v) is 10.7. The van der Waals surface area contributed by atoms with Crippen LogP contribution in [0.4, 0.5) is 0 Å². The molecule has 3 fully saturated rings. The molecule has 0 bridgehead atoms. The van der Waals surface area contributed by atoms with Crippen molar-refractivity contribution in [3.8, 4) is 11.1 Å². The van der Waals surface area contributed by atoms with E-state index in [-0.39, 0.29) is 23.8 Å². The van der Waals surface area contributed by atoms with Gasteiger partial charge in [0.15, 0.2) is 0 Å². The van der Waals surface area contributed by atoms with Gasteiger partial charge in [-0.3, -0.25) is 9.59 Å². The lowest BCUT2D eigenvalue weighted by Gasteiger charge is -2.31. The Hall–Kier alpha value is -2.08. The van der Waals surface area contributed by atoms with E-state index in [1.807, 2.05) is 36.4 Å². The molecule has 1 aliphatic carbocycles. The van der Waals surface area contributed by atoms with Crippen molar-refractivity contribution < 1.29 is 9.59 Å². The molecule has 1 atom stereocenters. The second kappa shape index (κ2) is 10.3. The molecule has 3 aliphatic rings. The minimum absolute atomic E-state index is 0.0496. The molecule has 5 rings (SSSR count). The number of nitrogens with one attached hydrogen (secondary N) is 2. The summed E-state index contributed by atoms with van der Waals surface area (Å²) in [6.07, 6.45) is 7.44. The Morgan fingerprint density at radius 2 is 1.65 bits per heavy atom. The van der Waals surface area contributed by atoms with Crippen LogP contribution >= 0.6 is 23.2 Å². The molecule has 2 aromatic carbocycles. The van der Waals surface area contributed by atoms with Gasteiger partial charge in [0.1, 0.15) is 0 Å². The van der Waals surface area contributed by atoms with E-state index >= 15 is 0 Å². The summed E-state index contributed by atoms with van der Waals surface area (Å²) in [5, 5.41) is 7.33. The largest absolute Gasteiger partial charge is 0.347 e. The molecule has 1 unspecified atom stereocenters. The highest BCUT2D eigenvalue weighted by molar-refractivity contribution is 6.36. The first-order valence-electron chi connectivity index (χ1n) is 12.4. The lowest BCUT2D eigenvalue weighted by atomic mass is 9.93. The van der Waals surface area contributed by atoms with Crippen molar-refractivity contribution in [2.24, 2.45) is 5.92 Å². The van der Waals surface area contributed by atoms with Crippen LogP contribution in [0.1, 0.15) is 54.4 Å². The Balaban J connectivity index is 1.26. The van der Waals surface area contributed by atoms with Gasteiger partial charge in [-0.05, 0) is 66.6 Å². The maximum atomic E-state index is 13.1. The lowest BCUT2D eigenvalue weighted by molar-refractivity contribution is -0.133. The zero-order chi connectivity index (χ0) is 23.7. The Labute approximate surface area is 211 Å². The SMILES string of the molecule is O=C(NC1CNC1)c1ccc(-c2cc(Cl)c(CC3CCN(C4CCCCC4)C3=O)c(Cl)c2)cc1. The van der Waals surface area contributed by atoms with E-state index in [2.05, 4.69) is 15.5 Å². The predicted molar refractivity (Wildman–Crippen MR) is 136 cm³/mol. The van der Waals surface area contributed by atoms with Crippen molar-refractivity contribution in [1.29, 1.82) is 0 Å². The zero-order valence-electron chi connectivity index (χ0n) is 19.3. The molecule has 2 N–H and O–H groups in total. The lowest BCUT2D eigenvalue weighted by Crippen LogP contribution is -2.56. The molecule has 2 saturated heterocycles. The third kappa shape index (κ3) is 4.98. The van der Waals surface area contributed by atoms with Crippen molar-refractivity contribution >= 4 is 35.0 Å². The molecule has 1 saturated carbocycles. The highest BCUT2D eigenvalue weighted by Crippen LogP contribution is 2.36. The Morgan fingerprint density at radius 3 is 2.26 bits per heavy atom. The van der Waals surface area contributed by atoms with Crippen LogP contribution in [0.3, 0.4) is 0 Å². The summed E-state index contributed by atoms with van der Waals surface area (Å²) < 4.78 is 0. The molecule has 180 valence electrons. The smallest absolute Gasteiger partial charge is 0.251 e. The summed E-state index contributed by atoms with van der Waals surface area (Å²) in [6, 6.07) is 11.9. The summed E-state index contributed by atoms with van der Waals surface area (Å²) in [5.74, 6) is 0.147. The predicted octanol–water partition coefficient (Wildman–Crippen LogP) is 5.09. The number of hydrogen-bond donors (Lipinski definition) is 2. The van der Waals surface area contributed by atoms with Gasteiger partial charge in [-0.1, -0.05) is 54.6 Å². The fourth-order valence-electron chi connectivity index (χ4n) is 5.39. The van der Waals surface area contributed by atoms with E-state index in [0.717, 1.165) is 55.6 Å². The fraction of sp³-hybridized carbons (Fsp3) is 0.481. The van der Waals surface area contributed by atoms with Gasteiger partial charge in [-0.2, -0.15) is 0 Å². The van der Waals surface area contributed by atoms with Crippen LogP contribution in [0.2, 0.25) is 10.0 Å². The van der Waals surface area contributed by atoms with Gasteiger partial charge in [0.2, 0.25) is 5.91 Å². The number of amides is 2. The van der Waals surface area contributed by atoms with Crippen LogP contribution in [0, 0.1) is 5.92 Å². The number of rotatable bonds is 6. The maximum Gasteiger partial charge on any atom is 0.251 e. The van der Waals surface area contributed by atoms with Crippen LogP contribution in [0.25, 0.3) is 11.1 Å². The van der Waals surface area contributed by atoms with Crippen molar-refractivity contribution in [3.05, 3.63) is 57.6 Å². The molecule has 5 nitrogen and oxygen atoms in total. The molecule has 34 heavy (non-hydrogen) atoms. The van der Waals surface area contributed by atoms with Gasteiger partial charge in [0.05, 0.1) is 6.04 Å². The van der Waals surface area contributed by atoms with Gasteiger partial charge < -0.3 is 15.5 Å². The molecular weight excluding hydrogens is 469 g/mol. The van der Waals surface area contributed by atoms with Gasteiger partial charge >= 0.3 is 0 Å². The summed E-state index contributed by atoms with van der Waals surface area (Å²) in [7, 11) is 0. The van der Waals surface area contributed by atoms with Gasteiger partial charge in [0.25, 0.3) is 5.91 Å². The minimum Gasteiger partial charge on any atom is -0.347 e. The zero-order valence-corrected chi connectivity index (χ0v) is 20.8. The molecule has 0 spiro atoms. The van der Waals surface area contributed by atoms with E-state index in [1.54, 1.807) is 0 Å². The monoisotopic (exact) mass is 499 g/mol. The quantitative estimate of drug-likeness (QED) is 0.581. The average Bonchev–Trinajstić information content (AvgIpc) is 3.19. The Morgan fingerprint density at radius 1 is 0.971 bits per heavy atom. The summed E-state index contributed by atoms with van der Waals surface area (Å²) in [5.41, 5.74) is 3.32. The van der Waals surface area contributed by atoms with Crippen molar-refractivity contribution in [2.75, 3.05) is 19.6 Å². The molecule has 7 heteroatoms. The molecular formula is C27H31Cl2N3O2. The van der Waals surface area contributed by atoms with Crippen LogP contribution in [-0.2, 0) is 11.2 Å². The normalized spacial score (nSPS) is 21.5. The number of carbonyl (C=O) groups excluding carboxylic acids is 2. The first-order chi connectivity index (χ1) is 16.5. The number of hydrogen-bond acceptors (Lipinski definition) is 3. The molecule has 2 amide bonds. The van der Waals surface area contributed by atoms with Gasteiger partial charge in [-0.25, -0.2) is 0 Å². The number of halogens is 2. The first kappa shape index (κ1) is 23.7. The van der Waals surface area contributed by atoms with E-state index in [1.165, 1.54) is 19.3 Å². The molecule has 0 aromatic heterocycles. The second-order valence-electron chi connectivity index (χ2n) is 9.84. The highest BCUT2D eigenvalue weighted by Gasteiger charge is 2.36. The minimum atomic E-state index is -0.0621.